The number of rotatable bonds is 4. The van der Waals surface area contributed by atoms with E-state index in [4.69, 9.17) is 14.6 Å². The van der Waals surface area contributed by atoms with Gasteiger partial charge in [0.2, 0.25) is 0 Å². The number of benzene rings is 1. The average molecular weight is 251 g/mol. The molecule has 98 valence electrons. The number of nitrogens with one attached hydrogen (secondary N) is 1. The second-order valence-corrected chi connectivity index (χ2v) is 4.24. The zero-order valence-electron chi connectivity index (χ0n) is 10.3. The molecular weight excluding hydrogens is 234 g/mol. The molecule has 1 aromatic rings. The van der Waals surface area contributed by atoms with Crippen molar-refractivity contribution in [2.75, 3.05) is 13.2 Å². The Labute approximate surface area is 106 Å². The van der Waals surface area contributed by atoms with Gasteiger partial charge in [-0.1, -0.05) is 12.1 Å². The van der Waals surface area contributed by atoms with Crippen LogP contribution in [-0.2, 0) is 11.3 Å². The molecule has 0 aliphatic carbocycles. The Morgan fingerprint density at radius 2 is 2.22 bits per heavy atom. The highest BCUT2D eigenvalue weighted by Crippen LogP contribution is 2.33. The van der Waals surface area contributed by atoms with Crippen LogP contribution >= 0.6 is 0 Å². The number of aliphatic carboxylic acids is 1. The van der Waals surface area contributed by atoms with Crippen LogP contribution in [0.2, 0.25) is 0 Å². The van der Waals surface area contributed by atoms with E-state index in [1.807, 2.05) is 18.2 Å². The molecule has 1 aliphatic rings. The molecule has 0 aromatic heterocycles. The standard InChI is InChI=1S/C13H17NO4/c1-9(13(15)16)14-8-10-4-2-5-11-12(10)18-7-3-6-17-11/h2,4-5,9,14H,3,6-8H2,1H3,(H,15,16). The zero-order chi connectivity index (χ0) is 13.0. The predicted octanol–water partition coefficient (Wildman–Crippen LogP) is 1.41. The largest absolute Gasteiger partial charge is 0.490 e. The minimum atomic E-state index is -0.866. The summed E-state index contributed by atoms with van der Waals surface area (Å²) < 4.78 is 11.2. The number of fused-ring (bicyclic) bond motifs is 1. The van der Waals surface area contributed by atoms with Crippen molar-refractivity contribution in [2.24, 2.45) is 0 Å². The molecule has 0 amide bonds. The second kappa shape index (κ2) is 5.73. The van der Waals surface area contributed by atoms with Crippen LogP contribution in [0.3, 0.4) is 0 Å². The van der Waals surface area contributed by atoms with Crippen molar-refractivity contribution in [3.8, 4) is 11.5 Å². The molecule has 1 aliphatic heterocycles. The first kappa shape index (κ1) is 12.7. The summed E-state index contributed by atoms with van der Waals surface area (Å²) in [5.41, 5.74) is 0.919. The van der Waals surface area contributed by atoms with Gasteiger partial charge in [-0.05, 0) is 13.0 Å². The molecule has 2 rings (SSSR count). The number of carboxylic acids is 1. The van der Waals surface area contributed by atoms with Gasteiger partial charge in [-0.2, -0.15) is 0 Å². The number of carbonyl (C=O) groups is 1. The fraction of sp³-hybridized carbons (Fsp3) is 0.462. The monoisotopic (exact) mass is 251 g/mol. The van der Waals surface area contributed by atoms with Crippen molar-refractivity contribution in [2.45, 2.75) is 25.9 Å². The highest BCUT2D eigenvalue weighted by atomic mass is 16.5. The van der Waals surface area contributed by atoms with E-state index in [-0.39, 0.29) is 0 Å². The van der Waals surface area contributed by atoms with Crippen LogP contribution in [0.5, 0.6) is 11.5 Å². The van der Waals surface area contributed by atoms with Crippen LogP contribution in [0.25, 0.3) is 0 Å². The van der Waals surface area contributed by atoms with Gasteiger partial charge >= 0.3 is 5.97 Å². The van der Waals surface area contributed by atoms with E-state index in [0.29, 0.717) is 19.8 Å². The van der Waals surface area contributed by atoms with Gasteiger partial charge in [0.15, 0.2) is 11.5 Å². The minimum Gasteiger partial charge on any atom is -0.490 e. The first-order valence-electron chi connectivity index (χ1n) is 6.02. The highest BCUT2D eigenvalue weighted by Gasteiger charge is 2.16. The van der Waals surface area contributed by atoms with E-state index in [1.165, 1.54) is 0 Å². The van der Waals surface area contributed by atoms with E-state index in [0.717, 1.165) is 23.5 Å². The number of para-hydroxylation sites is 1. The Hall–Kier alpha value is -1.75. The van der Waals surface area contributed by atoms with Crippen molar-refractivity contribution in [1.82, 2.24) is 5.32 Å². The Morgan fingerprint density at radius 1 is 1.44 bits per heavy atom. The van der Waals surface area contributed by atoms with Crippen LogP contribution in [0, 0.1) is 0 Å². The maximum absolute atomic E-state index is 10.7. The van der Waals surface area contributed by atoms with E-state index < -0.39 is 12.0 Å². The summed E-state index contributed by atoms with van der Waals surface area (Å²) in [5, 5.41) is 11.8. The van der Waals surface area contributed by atoms with Crippen molar-refractivity contribution in [3.05, 3.63) is 23.8 Å². The molecule has 18 heavy (non-hydrogen) atoms. The maximum atomic E-state index is 10.7. The first-order chi connectivity index (χ1) is 8.68. The van der Waals surface area contributed by atoms with Crippen LogP contribution in [0.4, 0.5) is 0 Å². The summed E-state index contributed by atoms with van der Waals surface area (Å²) in [6.45, 7) is 3.33. The van der Waals surface area contributed by atoms with Gasteiger partial charge in [-0.3, -0.25) is 4.79 Å². The molecule has 0 saturated heterocycles. The number of ether oxygens (including phenoxy) is 2. The predicted molar refractivity (Wildman–Crippen MR) is 66.0 cm³/mol. The Kier molecular flexibility index (Phi) is 4.04. The normalized spacial score (nSPS) is 15.8. The lowest BCUT2D eigenvalue weighted by Gasteiger charge is -2.14. The molecule has 2 N–H and O–H groups in total. The van der Waals surface area contributed by atoms with Crippen LogP contribution in [0.1, 0.15) is 18.9 Å². The van der Waals surface area contributed by atoms with Crippen molar-refractivity contribution in [1.29, 1.82) is 0 Å². The van der Waals surface area contributed by atoms with Gasteiger partial charge in [-0.15, -0.1) is 0 Å². The molecule has 0 fully saturated rings. The number of hydrogen-bond donors (Lipinski definition) is 2. The van der Waals surface area contributed by atoms with Crippen molar-refractivity contribution < 1.29 is 19.4 Å². The first-order valence-corrected chi connectivity index (χ1v) is 6.02. The third-order valence-electron chi connectivity index (χ3n) is 2.82. The molecular formula is C13H17NO4. The molecule has 1 unspecified atom stereocenters. The molecule has 5 nitrogen and oxygen atoms in total. The molecule has 0 saturated carbocycles. The quantitative estimate of drug-likeness (QED) is 0.847. The van der Waals surface area contributed by atoms with Gasteiger partial charge in [0.25, 0.3) is 0 Å². The maximum Gasteiger partial charge on any atom is 0.320 e. The number of hydrogen-bond acceptors (Lipinski definition) is 4. The van der Waals surface area contributed by atoms with E-state index >= 15 is 0 Å². The van der Waals surface area contributed by atoms with Crippen LogP contribution < -0.4 is 14.8 Å². The van der Waals surface area contributed by atoms with E-state index in [2.05, 4.69) is 5.32 Å². The minimum absolute atomic E-state index is 0.444. The van der Waals surface area contributed by atoms with Gasteiger partial charge in [0.05, 0.1) is 13.2 Å². The van der Waals surface area contributed by atoms with E-state index in [1.54, 1.807) is 6.92 Å². The lowest BCUT2D eigenvalue weighted by molar-refractivity contribution is -0.139. The zero-order valence-corrected chi connectivity index (χ0v) is 10.3. The van der Waals surface area contributed by atoms with Gasteiger partial charge in [0, 0.05) is 18.5 Å². The van der Waals surface area contributed by atoms with Crippen LogP contribution in [-0.4, -0.2) is 30.3 Å². The summed E-state index contributed by atoms with van der Waals surface area (Å²) in [7, 11) is 0. The topological polar surface area (TPSA) is 67.8 Å². The molecule has 5 heteroatoms. The highest BCUT2D eigenvalue weighted by molar-refractivity contribution is 5.72. The Balaban J connectivity index is 2.11. The molecule has 0 radical (unpaired) electrons. The fourth-order valence-corrected chi connectivity index (χ4v) is 1.74. The summed E-state index contributed by atoms with van der Waals surface area (Å²) in [6.07, 6.45) is 0.854. The van der Waals surface area contributed by atoms with Gasteiger partial charge in [-0.25, -0.2) is 0 Å². The summed E-state index contributed by atoms with van der Waals surface area (Å²) >= 11 is 0. The van der Waals surface area contributed by atoms with Crippen molar-refractivity contribution in [3.63, 3.8) is 0 Å². The average Bonchev–Trinajstić information content (AvgIpc) is 2.61. The molecule has 1 atom stereocenters. The SMILES string of the molecule is CC(NCc1cccc2c1OCCCO2)C(=O)O. The third-order valence-corrected chi connectivity index (χ3v) is 2.82. The molecule has 0 bridgehead atoms. The Morgan fingerprint density at radius 3 is 3.00 bits per heavy atom. The van der Waals surface area contributed by atoms with Crippen molar-refractivity contribution >= 4 is 5.97 Å². The Bertz CT molecular complexity index is 433. The summed E-state index contributed by atoms with van der Waals surface area (Å²) in [4.78, 5) is 10.7. The van der Waals surface area contributed by atoms with Gasteiger partial charge < -0.3 is 19.9 Å². The molecule has 0 spiro atoms. The second-order valence-electron chi connectivity index (χ2n) is 4.24. The lowest BCUT2D eigenvalue weighted by Crippen LogP contribution is -2.33. The summed E-state index contributed by atoms with van der Waals surface area (Å²) in [5.74, 6) is 0.587. The van der Waals surface area contributed by atoms with Crippen LogP contribution in [0.15, 0.2) is 18.2 Å². The molecule has 1 heterocycles. The smallest absolute Gasteiger partial charge is 0.320 e. The number of carboxylic acid groups (broad SMARTS) is 1. The van der Waals surface area contributed by atoms with Gasteiger partial charge in [0.1, 0.15) is 6.04 Å². The fourth-order valence-electron chi connectivity index (χ4n) is 1.74. The lowest BCUT2D eigenvalue weighted by atomic mass is 10.1. The molecule has 1 aromatic carbocycles. The van der Waals surface area contributed by atoms with E-state index in [9.17, 15) is 4.79 Å². The third kappa shape index (κ3) is 2.92. The summed E-state index contributed by atoms with van der Waals surface area (Å²) in [6, 6.07) is 5.07.